The van der Waals surface area contributed by atoms with Gasteiger partial charge in [0.1, 0.15) is 40.7 Å². The Bertz CT molecular complexity index is 1480. The van der Waals surface area contributed by atoms with E-state index in [0.717, 1.165) is 34.0 Å². The second kappa shape index (κ2) is 10.2. The Morgan fingerprint density at radius 2 is 1.89 bits per heavy atom. The van der Waals surface area contributed by atoms with Gasteiger partial charge in [-0.3, -0.25) is 0 Å². The Kier molecular flexibility index (Phi) is 7.00. The maximum atomic E-state index is 13.5. The number of nitrogen functional groups attached to an aromatic ring is 1. The van der Waals surface area contributed by atoms with Gasteiger partial charge in [-0.15, -0.1) is 0 Å². The van der Waals surface area contributed by atoms with E-state index in [1.165, 1.54) is 18.5 Å². The average molecular weight is 582 g/mol. The predicted octanol–water partition coefficient (Wildman–Crippen LogP) is 6.95. The number of hydrogen-bond acceptors (Lipinski definition) is 6. The zero-order valence-corrected chi connectivity index (χ0v) is 23.0. The number of amides is 1. The molecule has 0 spiro atoms. The van der Waals surface area contributed by atoms with Gasteiger partial charge in [0.25, 0.3) is 0 Å². The average Bonchev–Trinajstić information content (AvgIpc) is 3.16. The van der Waals surface area contributed by atoms with E-state index in [2.05, 4.69) is 30.5 Å². The van der Waals surface area contributed by atoms with Gasteiger partial charge in [-0.05, 0) is 79.4 Å². The predicted molar refractivity (Wildman–Crippen MR) is 148 cm³/mol. The van der Waals surface area contributed by atoms with Crippen LogP contribution in [-0.4, -0.2) is 44.2 Å². The number of ether oxygens (including phenoxy) is 2. The lowest BCUT2D eigenvalue weighted by Crippen LogP contribution is -2.43. The largest absolute Gasteiger partial charge is 0.457 e. The molecule has 2 N–H and O–H groups in total. The molecule has 8 nitrogen and oxygen atoms in total. The molecule has 0 unspecified atom stereocenters. The van der Waals surface area contributed by atoms with Crippen LogP contribution in [0.4, 0.5) is 15.0 Å². The molecular weight excluding hydrogens is 553 g/mol. The van der Waals surface area contributed by atoms with Crippen molar-refractivity contribution in [3.8, 4) is 22.6 Å². The summed E-state index contributed by atoms with van der Waals surface area (Å²) in [6, 6.07) is 13.4. The SMILES string of the molecule is CC(C)(C)OC(=O)N1CCC[C@@H](n2c(Br)c(-c3ccc(Oc4cccc(F)c4)cc3)c3c(N)ncnc32)C1. The van der Waals surface area contributed by atoms with Crippen molar-refractivity contribution in [2.24, 2.45) is 0 Å². The number of nitrogens with two attached hydrogens (primary N) is 1. The third kappa shape index (κ3) is 5.31. The van der Waals surface area contributed by atoms with Crippen molar-refractivity contribution in [3.63, 3.8) is 0 Å². The van der Waals surface area contributed by atoms with Gasteiger partial charge in [0.05, 0.1) is 16.0 Å². The van der Waals surface area contributed by atoms with Crippen molar-refractivity contribution in [2.75, 3.05) is 18.8 Å². The molecule has 0 bridgehead atoms. The number of fused-ring (bicyclic) bond motifs is 1. The summed E-state index contributed by atoms with van der Waals surface area (Å²) in [5, 5.41) is 0.729. The van der Waals surface area contributed by atoms with Crippen LogP contribution in [0.3, 0.4) is 0 Å². The second-order valence-electron chi connectivity index (χ2n) is 10.3. The Labute approximate surface area is 228 Å². The number of hydrogen-bond donors (Lipinski definition) is 1. The molecule has 1 aliphatic rings. The first kappa shape index (κ1) is 26.0. The molecule has 1 fully saturated rings. The molecule has 1 saturated heterocycles. The number of benzene rings is 2. The summed E-state index contributed by atoms with van der Waals surface area (Å²) in [5.74, 6) is 0.993. The molecule has 0 saturated carbocycles. The number of piperidine rings is 1. The van der Waals surface area contributed by atoms with Gasteiger partial charge in [0.2, 0.25) is 0 Å². The molecule has 0 radical (unpaired) electrons. The zero-order valence-electron chi connectivity index (χ0n) is 21.4. The van der Waals surface area contributed by atoms with Gasteiger partial charge < -0.3 is 24.7 Å². The Hall–Kier alpha value is -3.66. The molecule has 198 valence electrons. The van der Waals surface area contributed by atoms with E-state index in [4.69, 9.17) is 15.2 Å². The Morgan fingerprint density at radius 1 is 1.13 bits per heavy atom. The smallest absolute Gasteiger partial charge is 0.410 e. The summed E-state index contributed by atoms with van der Waals surface area (Å²) in [6.45, 7) is 6.72. The molecule has 2 aromatic heterocycles. The molecule has 1 atom stereocenters. The van der Waals surface area contributed by atoms with Crippen LogP contribution in [-0.2, 0) is 4.74 Å². The molecule has 3 heterocycles. The van der Waals surface area contributed by atoms with E-state index in [1.54, 1.807) is 17.0 Å². The lowest BCUT2D eigenvalue weighted by molar-refractivity contribution is 0.0173. The summed E-state index contributed by atoms with van der Waals surface area (Å²) in [4.78, 5) is 23.4. The van der Waals surface area contributed by atoms with Crippen LogP contribution >= 0.6 is 15.9 Å². The maximum Gasteiger partial charge on any atom is 0.410 e. The lowest BCUT2D eigenvalue weighted by Gasteiger charge is -2.35. The third-order valence-corrected chi connectivity index (χ3v) is 7.12. The van der Waals surface area contributed by atoms with Crippen molar-refractivity contribution in [1.82, 2.24) is 19.4 Å². The van der Waals surface area contributed by atoms with Gasteiger partial charge in [-0.1, -0.05) is 18.2 Å². The van der Waals surface area contributed by atoms with Gasteiger partial charge in [0.15, 0.2) is 0 Å². The van der Waals surface area contributed by atoms with Gasteiger partial charge in [0, 0.05) is 24.7 Å². The van der Waals surface area contributed by atoms with Crippen LogP contribution in [0.2, 0.25) is 0 Å². The van der Waals surface area contributed by atoms with Crippen LogP contribution in [0.1, 0.15) is 39.7 Å². The minimum atomic E-state index is -0.565. The zero-order chi connectivity index (χ0) is 27.0. The summed E-state index contributed by atoms with van der Waals surface area (Å²) < 4.78 is 27.9. The molecule has 38 heavy (non-hydrogen) atoms. The fourth-order valence-electron chi connectivity index (χ4n) is 4.74. The molecule has 4 aromatic rings. The Balaban J connectivity index is 1.49. The van der Waals surface area contributed by atoms with Crippen LogP contribution in [0, 0.1) is 5.82 Å². The normalized spacial score (nSPS) is 16.0. The highest BCUT2D eigenvalue weighted by Gasteiger charge is 2.32. The fraction of sp³-hybridized carbons (Fsp3) is 0.321. The number of anilines is 1. The van der Waals surface area contributed by atoms with Gasteiger partial charge >= 0.3 is 6.09 Å². The van der Waals surface area contributed by atoms with Crippen molar-refractivity contribution in [1.29, 1.82) is 0 Å². The van der Waals surface area contributed by atoms with Crippen LogP contribution in [0.5, 0.6) is 11.5 Å². The molecule has 0 aliphatic carbocycles. The van der Waals surface area contributed by atoms with E-state index in [9.17, 15) is 9.18 Å². The molecular formula is C28H29BrFN5O3. The number of nitrogens with zero attached hydrogens (tertiary/aromatic N) is 4. The molecule has 10 heteroatoms. The molecule has 5 rings (SSSR count). The highest BCUT2D eigenvalue weighted by Crippen LogP contribution is 2.43. The number of halogens is 2. The fourth-order valence-corrected chi connectivity index (χ4v) is 5.62. The van der Waals surface area contributed by atoms with E-state index in [-0.39, 0.29) is 18.0 Å². The van der Waals surface area contributed by atoms with Gasteiger partial charge in [-0.25, -0.2) is 19.2 Å². The third-order valence-electron chi connectivity index (χ3n) is 6.34. The molecule has 1 amide bonds. The topological polar surface area (TPSA) is 95.5 Å². The highest BCUT2D eigenvalue weighted by molar-refractivity contribution is 9.10. The number of carbonyl (C=O) groups is 1. The van der Waals surface area contributed by atoms with E-state index < -0.39 is 5.60 Å². The van der Waals surface area contributed by atoms with E-state index in [0.29, 0.717) is 36.1 Å². The summed E-state index contributed by atoms with van der Waals surface area (Å²) in [7, 11) is 0. The maximum absolute atomic E-state index is 13.5. The first-order valence-electron chi connectivity index (χ1n) is 12.4. The van der Waals surface area contributed by atoms with Crippen LogP contribution in [0.25, 0.3) is 22.2 Å². The van der Waals surface area contributed by atoms with E-state index in [1.807, 2.05) is 45.0 Å². The highest BCUT2D eigenvalue weighted by atomic mass is 79.9. The lowest BCUT2D eigenvalue weighted by atomic mass is 10.1. The minimum Gasteiger partial charge on any atom is -0.457 e. The standard InChI is InChI=1S/C28H29BrFN5O3/c1-28(2,3)38-27(36)34-13-5-7-19(15-34)35-24(29)22(23-25(31)32-16-33-26(23)35)17-9-11-20(12-10-17)37-21-8-4-6-18(30)14-21/h4,6,8-12,14,16,19H,5,7,13,15H2,1-3H3,(H2,31,32,33)/t19-/m1/s1. The molecule has 1 aliphatic heterocycles. The summed E-state index contributed by atoms with van der Waals surface area (Å²) in [6.07, 6.45) is 2.83. The number of likely N-dealkylation sites (tertiary alicyclic amines) is 1. The Morgan fingerprint density at radius 3 is 2.61 bits per heavy atom. The first-order chi connectivity index (χ1) is 18.1. The van der Waals surface area contributed by atoms with Crippen molar-refractivity contribution >= 4 is 38.9 Å². The quantitative estimate of drug-likeness (QED) is 0.280. The minimum absolute atomic E-state index is 0.0354. The second-order valence-corrected chi connectivity index (χ2v) is 11.1. The van der Waals surface area contributed by atoms with Gasteiger partial charge in [-0.2, -0.15) is 0 Å². The van der Waals surface area contributed by atoms with Crippen molar-refractivity contribution in [3.05, 3.63) is 65.3 Å². The summed E-state index contributed by atoms with van der Waals surface area (Å²) in [5.41, 5.74) is 8.23. The number of aromatic nitrogens is 3. The number of rotatable bonds is 4. The molecule has 2 aromatic carbocycles. The first-order valence-corrected chi connectivity index (χ1v) is 13.2. The van der Waals surface area contributed by atoms with E-state index >= 15 is 0 Å². The van der Waals surface area contributed by atoms with Crippen LogP contribution in [0.15, 0.2) is 59.5 Å². The van der Waals surface area contributed by atoms with Crippen LogP contribution < -0.4 is 10.5 Å². The monoisotopic (exact) mass is 581 g/mol. The summed E-state index contributed by atoms with van der Waals surface area (Å²) >= 11 is 3.82. The number of carbonyl (C=O) groups excluding carboxylic acids is 1. The van der Waals surface area contributed by atoms with Crippen molar-refractivity contribution in [2.45, 2.75) is 45.3 Å². The van der Waals surface area contributed by atoms with Crippen molar-refractivity contribution < 1.29 is 18.7 Å².